The van der Waals surface area contributed by atoms with Crippen LogP contribution in [0.2, 0.25) is 0 Å². The first kappa shape index (κ1) is 15.3. The Morgan fingerprint density at radius 1 is 1.22 bits per heavy atom. The van der Waals surface area contributed by atoms with Crippen LogP contribution in [0, 0.1) is 0 Å². The molecule has 0 aliphatic carbocycles. The van der Waals surface area contributed by atoms with Gasteiger partial charge in [0.2, 0.25) is 0 Å². The van der Waals surface area contributed by atoms with E-state index in [0.717, 1.165) is 0 Å². The van der Waals surface area contributed by atoms with Crippen molar-refractivity contribution in [1.82, 2.24) is 0 Å². The lowest BCUT2D eigenvalue weighted by atomic mass is 9.89. The molecule has 2 unspecified atom stereocenters. The van der Waals surface area contributed by atoms with E-state index in [1.807, 2.05) is 0 Å². The van der Waals surface area contributed by atoms with E-state index in [1.165, 1.54) is 26.0 Å². The van der Waals surface area contributed by atoms with E-state index in [2.05, 4.69) is 0 Å². The first-order valence-corrected chi connectivity index (χ1v) is 6.64. The van der Waals surface area contributed by atoms with Gasteiger partial charge in [0.1, 0.15) is 4.75 Å². The van der Waals surface area contributed by atoms with Crippen molar-refractivity contribution in [2.24, 2.45) is 5.14 Å². The van der Waals surface area contributed by atoms with Crippen molar-refractivity contribution >= 4 is 11.4 Å². The Bertz CT molecular complexity index is 379. The summed E-state index contributed by atoms with van der Waals surface area (Å²) in [4.78, 5) is 0. The highest BCUT2D eigenvalue weighted by molar-refractivity contribution is 7.90. The van der Waals surface area contributed by atoms with Crippen LogP contribution in [0.1, 0.15) is 31.7 Å². The lowest BCUT2D eigenvalue weighted by molar-refractivity contribution is -0.153. The van der Waals surface area contributed by atoms with Crippen LogP contribution < -0.4 is 5.14 Å². The van der Waals surface area contributed by atoms with Crippen LogP contribution in [-0.2, 0) is 11.4 Å². The predicted octanol–water partition coefficient (Wildman–Crippen LogP) is 3.12. The summed E-state index contributed by atoms with van der Waals surface area (Å²) in [5.74, 6) is -1.65. The van der Waals surface area contributed by atoms with Crippen molar-refractivity contribution in [3.05, 3.63) is 35.9 Å². The Kier molecular flexibility index (Phi) is 4.69. The standard InChI is InChI=1S/C12H16F3NOS/c1-11(2,18(16)17)8-10(12(13,14)15)9-6-4-3-5-7-9/h3-7,10H,8,16H2,1-2H3. The second kappa shape index (κ2) is 5.50. The van der Waals surface area contributed by atoms with Gasteiger partial charge in [-0.3, -0.25) is 0 Å². The molecule has 0 fully saturated rings. The summed E-state index contributed by atoms with van der Waals surface area (Å²) in [6, 6.07) is 7.62. The highest BCUT2D eigenvalue weighted by Gasteiger charge is 2.46. The number of halogens is 3. The van der Waals surface area contributed by atoms with Crippen LogP contribution in [0.15, 0.2) is 30.3 Å². The molecule has 0 spiro atoms. The van der Waals surface area contributed by atoms with Gasteiger partial charge in [-0.1, -0.05) is 30.3 Å². The summed E-state index contributed by atoms with van der Waals surface area (Å²) in [5.41, 5.74) is 0.170. The van der Waals surface area contributed by atoms with Gasteiger partial charge in [0.15, 0.2) is 0 Å². The number of hydrogen-bond donors (Lipinski definition) is 1. The summed E-state index contributed by atoms with van der Waals surface area (Å²) >= 11 is -1.81. The van der Waals surface area contributed by atoms with Gasteiger partial charge in [-0.05, 0) is 19.4 Å². The largest absolute Gasteiger partial charge is 0.598 e. The Hall–Kier alpha value is -0.720. The smallest absolute Gasteiger partial charge is 0.395 e. The average Bonchev–Trinajstić information content (AvgIpc) is 2.25. The zero-order valence-corrected chi connectivity index (χ0v) is 11.0. The fourth-order valence-electron chi connectivity index (χ4n) is 1.68. The van der Waals surface area contributed by atoms with Crippen molar-refractivity contribution < 1.29 is 17.7 Å². The van der Waals surface area contributed by atoms with E-state index in [4.69, 9.17) is 5.14 Å². The quantitative estimate of drug-likeness (QED) is 0.861. The van der Waals surface area contributed by atoms with E-state index >= 15 is 0 Å². The first-order valence-electron chi connectivity index (χ1n) is 5.42. The molecule has 1 aromatic carbocycles. The number of hydrogen-bond acceptors (Lipinski definition) is 2. The zero-order chi connectivity index (χ0) is 14.0. The van der Waals surface area contributed by atoms with Crippen molar-refractivity contribution in [3.63, 3.8) is 0 Å². The van der Waals surface area contributed by atoms with E-state index < -0.39 is 28.2 Å². The molecule has 0 radical (unpaired) electrons. The molecular formula is C12H16F3NOS. The van der Waals surface area contributed by atoms with Crippen LogP contribution in [0.5, 0.6) is 0 Å². The van der Waals surface area contributed by atoms with E-state index in [9.17, 15) is 17.7 Å². The van der Waals surface area contributed by atoms with Crippen LogP contribution in [0.25, 0.3) is 0 Å². The highest BCUT2D eigenvalue weighted by atomic mass is 32.2. The van der Waals surface area contributed by atoms with E-state index in [1.54, 1.807) is 18.2 Å². The minimum atomic E-state index is -4.38. The maximum Gasteiger partial charge on any atom is 0.395 e. The second-order valence-electron chi connectivity index (χ2n) is 4.77. The molecule has 0 aromatic heterocycles. The second-order valence-corrected chi connectivity index (χ2v) is 6.47. The molecule has 2 N–H and O–H groups in total. The lowest BCUT2D eigenvalue weighted by Gasteiger charge is -2.30. The predicted molar refractivity (Wildman–Crippen MR) is 66.3 cm³/mol. The molecule has 102 valence electrons. The van der Waals surface area contributed by atoms with Gasteiger partial charge >= 0.3 is 6.18 Å². The van der Waals surface area contributed by atoms with Gasteiger partial charge in [0.05, 0.1) is 5.92 Å². The number of nitrogens with two attached hydrogens (primary N) is 1. The molecule has 0 heterocycles. The topological polar surface area (TPSA) is 49.1 Å². The van der Waals surface area contributed by atoms with Gasteiger partial charge in [-0.2, -0.15) is 18.3 Å². The maximum absolute atomic E-state index is 13.1. The third-order valence-corrected chi connectivity index (χ3v) is 4.09. The van der Waals surface area contributed by atoms with Gasteiger partial charge in [0, 0.05) is 17.8 Å². The Balaban J connectivity index is 3.02. The minimum absolute atomic E-state index is 0.170. The Morgan fingerprint density at radius 2 is 1.72 bits per heavy atom. The van der Waals surface area contributed by atoms with Crippen LogP contribution in [-0.4, -0.2) is 15.5 Å². The van der Waals surface area contributed by atoms with Crippen molar-refractivity contribution in [2.45, 2.75) is 37.1 Å². The lowest BCUT2D eigenvalue weighted by Crippen LogP contribution is -2.41. The van der Waals surface area contributed by atoms with Crippen LogP contribution in [0.3, 0.4) is 0 Å². The monoisotopic (exact) mass is 279 g/mol. The molecule has 0 bridgehead atoms. The van der Waals surface area contributed by atoms with Crippen LogP contribution in [0.4, 0.5) is 13.2 Å². The molecule has 2 atom stereocenters. The van der Waals surface area contributed by atoms with E-state index in [0.29, 0.717) is 0 Å². The summed E-state index contributed by atoms with van der Waals surface area (Å²) in [6.45, 7) is 2.95. The van der Waals surface area contributed by atoms with E-state index in [-0.39, 0.29) is 12.0 Å². The highest BCUT2D eigenvalue weighted by Crippen LogP contribution is 2.41. The van der Waals surface area contributed by atoms with Gasteiger partial charge in [-0.15, -0.1) is 0 Å². The molecule has 0 aliphatic heterocycles. The summed E-state index contributed by atoms with van der Waals surface area (Å²) < 4.78 is 49.4. The van der Waals surface area contributed by atoms with Crippen LogP contribution >= 0.6 is 0 Å². The molecule has 6 heteroatoms. The summed E-state index contributed by atoms with van der Waals surface area (Å²) in [6.07, 6.45) is -4.68. The normalized spacial score (nSPS) is 16.4. The Morgan fingerprint density at radius 3 is 2.11 bits per heavy atom. The fraction of sp³-hybridized carbons (Fsp3) is 0.500. The molecule has 0 saturated heterocycles. The van der Waals surface area contributed by atoms with Gasteiger partial charge < -0.3 is 4.55 Å². The molecule has 0 amide bonds. The van der Waals surface area contributed by atoms with Crippen molar-refractivity contribution in [2.75, 3.05) is 0 Å². The summed E-state index contributed by atoms with van der Waals surface area (Å²) in [5, 5.41) is 5.24. The third-order valence-electron chi connectivity index (χ3n) is 2.84. The molecule has 1 rings (SSSR count). The van der Waals surface area contributed by atoms with Gasteiger partial charge in [0.25, 0.3) is 0 Å². The molecule has 18 heavy (non-hydrogen) atoms. The number of benzene rings is 1. The first-order chi connectivity index (χ1) is 8.14. The molecule has 1 aromatic rings. The SMILES string of the molecule is CC(C)(CC(c1ccccc1)C(F)(F)F)[S+](N)[O-]. The Labute approximate surface area is 108 Å². The third kappa shape index (κ3) is 3.90. The maximum atomic E-state index is 13.1. The fourth-order valence-corrected chi connectivity index (χ4v) is 2.01. The number of rotatable bonds is 4. The van der Waals surface area contributed by atoms with Gasteiger partial charge in [-0.25, -0.2) is 0 Å². The molecule has 0 aliphatic rings. The summed E-state index contributed by atoms with van der Waals surface area (Å²) in [7, 11) is 0. The van der Waals surface area contributed by atoms with Crippen molar-refractivity contribution in [1.29, 1.82) is 0 Å². The molecule has 2 nitrogen and oxygen atoms in total. The molecule has 0 saturated carbocycles. The van der Waals surface area contributed by atoms with Crippen molar-refractivity contribution in [3.8, 4) is 0 Å². The minimum Gasteiger partial charge on any atom is -0.598 e. The molecular weight excluding hydrogens is 263 g/mol. The number of alkyl halides is 3. The zero-order valence-electron chi connectivity index (χ0n) is 10.2. The average molecular weight is 279 g/mol.